The molecule has 1 amide bonds. The van der Waals surface area contributed by atoms with Gasteiger partial charge in [0.25, 0.3) is 5.91 Å². The first-order valence-corrected chi connectivity index (χ1v) is 11.1. The zero-order chi connectivity index (χ0) is 23.8. The molecule has 0 radical (unpaired) electrons. The minimum atomic E-state index is -0.565. The summed E-state index contributed by atoms with van der Waals surface area (Å²) in [6.07, 6.45) is 1.43. The second-order valence-corrected chi connectivity index (χ2v) is 8.08. The summed E-state index contributed by atoms with van der Waals surface area (Å²) >= 11 is 9.76. The summed E-state index contributed by atoms with van der Waals surface area (Å²) in [5, 5.41) is 12.5. The molecule has 0 saturated heterocycles. The molecule has 0 spiro atoms. The normalized spacial score (nSPS) is 10.9. The lowest BCUT2D eigenvalue weighted by Crippen LogP contribution is -2.13. The molecular formula is C25H19BrClFN2O3. The van der Waals surface area contributed by atoms with Gasteiger partial charge in [-0.3, -0.25) is 4.79 Å². The van der Waals surface area contributed by atoms with Crippen molar-refractivity contribution in [3.63, 3.8) is 0 Å². The van der Waals surface area contributed by atoms with Gasteiger partial charge in [0.2, 0.25) is 0 Å². The SMILES string of the molecule is CCOc1cccc(NC(=O)/C(C#N)=C\c2cc(Cl)c(OCc3cccc(F)c3)c(Br)c2)c1. The number of halogens is 3. The zero-order valence-corrected chi connectivity index (χ0v) is 19.9. The Kier molecular flexibility index (Phi) is 8.47. The van der Waals surface area contributed by atoms with Gasteiger partial charge in [-0.15, -0.1) is 0 Å². The van der Waals surface area contributed by atoms with Crippen molar-refractivity contribution in [2.45, 2.75) is 13.5 Å². The molecular weight excluding hydrogens is 511 g/mol. The fourth-order valence-corrected chi connectivity index (χ4v) is 3.92. The summed E-state index contributed by atoms with van der Waals surface area (Å²) in [7, 11) is 0. The number of amides is 1. The smallest absolute Gasteiger partial charge is 0.266 e. The van der Waals surface area contributed by atoms with Crippen LogP contribution in [0.25, 0.3) is 6.08 Å². The Morgan fingerprint density at radius 2 is 1.97 bits per heavy atom. The summed E-state index contributed by atoms with van der Waals surface area (Å²) < 4.78 is 25.0. The Hall–Kier alpha value is -3.34. The van der Waals surface area contributed by atoms with Crippen molar-refractivity contribution in [1.29, 1.82) is 5.26 Å². The van der Waals surface area contributed by atoms with E-state index in [-0.39, 0.29) is 23.0 Å². The van der Waals surface area contributed by atoms with Gasteiger partial charge in [-0.25, -0.2) is 4.39 Å². The minimum Gasteiger partial charge on any atom is -0.494 e. The number of hydrogen-bond acceptors (Lipinski definition) is 4. The highest BCUT2D eigenvalue weighted by Gasteiger charge is 2.13. The molecule has 168 valence electrons. The fraction of sp³-hybridized carbons (Fsp3) is 0.120. The Bertz CT molecular complexity index is 1220. The molecule has 0 aliphatic heterocycles. The van der Waals surface area contributed by atoms with E-state index in [4.69, 9.17) is 21.1 Å². The van der Waals surface area contributed by atoms with Gasteiger partial charge in [0, 0.05) is 11.8 Å². The number of nitrogens with zero attached hydrogens (tertiary/aromatic N) is 1. The van der Waals surface area contributed by atoms with Gasteiger partial charge in [0.15, 0.2) is 5.75 Å². The molecule has 5 nitrogen and oxygen atoms in total. The van der Waals surface area contributed by atoms with Crippen LogP contribution in [0.3, 0.4) is 0 Å². The number of hydrogen-bond donors (Lipinski definition) is 1. The van der Waals surface area contributed by atoms with Crippen LogP contribution in [-0.2, 0) is 11.4 Å². The molecule has 0 aliphatic rings. The molecule has 0 bridgehead atoms. The van der Waals surface area contributed by atoms with Crippen LogP contribution in [0.2, 0.25) is 5.02 Å². The second kappa shape index (κ2) is 11.5. The number of nitriles is 1. The summed E-state index contributed by atoms with van der Waals surface area (Å²) in [5.41, 5.74) is 1.58. The average Bonchev–Trinajstić information content (AvgIpc) is 2.77. The number of benzene rings is 3. The fourth-order valence-electron chi connectivity index (χ4n) is 2.93. The van der Waals surface area contributed by atoms with E-state index < -0.39 is 5.91 Å². The van der Waals surface area contributed by atoms with Gasteiger partial charge in [0.05, 0.1) is 16.1 Å². The maximum Gasteiger partial charge on any atom is 0.266 e. The van der Waals surface area contributed by atoms with Crippen LogP contribution in [-0.4, -0.2) is 12.5 Å². The van der Waals surface area contributed by atoms with Crippen molar-refractivity contribution in [1.82, 2.24) is 0 Å². The molecule has 0 fully saturated rings. The number of carbonyl (C=O) groups excluding carboxylic acids is 1. The highest BCUT2D eigenvalue weighted by atomic mass is 79.9. The van der Waals surface area contributed by atoms with E-state index >= 15 is 0 Å². The topological polar surface area (TPSA) is 71.3 Å². The van der Waals surface area contributed by atoms with E-state index in [9.17, 15) is 14.4 Å². The predicted molar refractivity (Wildman–Crippen MR) is 130 cm³/mol. The molecule has 0 saturated carbocycles. The summed E-state index contributed by atoms with van der Waals surface area (Å²) in [6, 6.07) is 18.1. The third-order valence-electron chi connectivity index (χ3n) is 4.37. The molecule has 1 N–H and O–H groups in total. The Morgan fingerprint density at radius 3 is 2.67 bits per heavy atom. The maximum absolute atomic E-state index is 13.4. The number of ether oxygens (including phenoxy) is 2. The number of anilines is 1. The Balaban J connectivity index is 1.76. The first-order chi connectivity index (χ1) is 15.9. The van der Waals surface area contributed by atoms with E-state index in [1.165, 1.54) is 18.2 Å². The van der Waals surface area contributed by atoms with Gasteiger partial charge in [-0.1, -0.05) is 29.8 Å². The minimum absolute atomic E-state index is 0.104. The van der Waals surface area contributed by atoms with Crippen LogP contribution in [0.15, 0.2) is 70.7 Å². The Labute approximate surface area is 204 Å². The van der Waals surface area contributed by atoms with Crippen LogP contribution in [0.5, 0.6) is 11.5 Å². The van der Waals surface area contributed by atoms with Crippen LogP contribution >= 0.6 is 27.5 Å². The first-order valence-electron chi connectivity index (χ1n) is 9.92. The molecule has 0 unspecified atom stereocenters. The third-order valence-corrected chi connectivity index (χ3v) is 5.24. The lowest BCUT2D eigenvalue weighted by Gasteiger charge is -2.12. The standard InChI is InChI=1S/C25H19BrClFN2O3/c1-2-32-21-8-4-7-20(13-21)30-25(31)18(14-29)9-17-11-22(26)24(23(27)12-17)33-15-16-5-3-6-19(28)10-16/h3-13H,2,15H2,1H3,(H,30,31)/b18-9-. The van der Waals surface area contributed by atoms with E-state index in [0.29, 0.717) is 39.4 Å². The van der Waals surface area contributed by atoms with Crippen LogP contribution < -0.4 is 14.8 Å². The number of carbonyl (C=O) groups is 1. The third kappa shape index (κ3) is 6.82. The van der Waals surface area contributed by atoms with Gasteiger partial charge in [0.1, 0.15) is 29.8 Å². The van der Waals surface area contributed by atoms with Crippen LogP contribution in [0, 0.1) is 17.1 Å². The molecule has 8 heteroatoms. The molecule has 0 aromatic heterocycles. The summed E-state index contributed by atoms with van der Waals surface area (Å²) in [4.78, 5) is 12.6. The van der Waals surface area contributed by atoms with E-state index in [1.807, 2.05) is 13.0 Å². The van der Waals surface area contributed by atoms with E-state index in [2.05, 4.69) is 21.2 Å². The number of nitrogens with one attached hydrogen (secondary N) is 1. The molecule has 0 aliphatic carbocycles. The first kappa shape index (κ1) is 24.3. The lowest BCUT2D eigenvalue weighted by atomic mass is 10.1. The molecule has 3 aromatic carbocycles. The summed E-state index contributed by atoms with van der Waals surface area (Å²) in [6.45, 7) is 2.49. The van der Waals surface area contributed by atoms with Crippen molar-refractivity contribution in [3.8, 4) is 17.6 Å². The van der Waals surface area contributed by atoms with E-state index in [1.54, 1.807) is 48.5 Å². The highest BCUT2D eigenvalue weighted by Crippen LogP contribution is 2.35. The van der Waals surface area contributed by atoms with Crippen molar-refractivity contribution in [2.75, 3.05) is 11.9 Å². The van der Waals surface area contributed by atoms with Gasteiger partial charge < -0.3 is 14.8 Å². The van der Waals surface area contributed by atoms with Crippen molar-refractivity contribution >= 4 is 45.2 Å². The monoisotopic (exact) mass is 528 g/mol. The van der Waals surface area contributed by atoms with Gasteiger partial charge >= 0.3 is 0 Å². The maximum atomic E-state index is 13.4. The van der Waals surface area contributed by atoms with Crippen molar-refractivity contribution < 1.29 is 18.7 Å². The average molecular weight is 530 g/mol. The summed E-state index contributed by atoms with van der Waals surface area (Å²) in [5.74, 6) is 0.0644. The molecule has 3 rings (SSSR count). The molecule has 33 heavy (non-hydrogen) atoms. The predicted octanol–water partition coefficient (Wildman–Crippen LogP) is 6.76. The highest BCUT2D eigenvalue weighted by molar-refractivity contribution is 9.10. The Morgan fingerprint density at radius 1 is 1.18 bits per heavy atom. The van der Waals surface area contributed by atoms with Gasteiger partial charge in [-0.2, -0.15) is 5.26 Å². The van der Waals surface area contributed by atoms with Gasteiger partial charge in [-0.05, 0) is 76.5 Å². The molecule has 0 atom stereocenters. The largest absolute Gasteiger partial charge is 0.494 e. The van der Waals surface area contributed by atoms with Crippen molar-refractivity contribution in [2.24, 2.45) is 0 Å². The van der Waals surface area contributed by atoms with Crippen LogP contribution in [0.4, 0.5) is 10.1 Å². The van der Waals surface area contributed by atoms with Crippen molar-refractivity contribution in [3.05, 3.63) is 92.7 Å². The quantitative estimate of drug-likeness (QED) is 0.258. The zero-order valence-electron chi connectivity index (χ0n) is 17.6. The lowest BCUT2D eigenvalue weighted by molar-refractivity contribution is -0.112. The number of rotatable bonds is 8. The second-order valence-electron chi connectivity index (χ2n) is 6.82. The molecule has 0 heterocycles. The van der Waals surface area contributed by atoms with E-state index in [0.717, 1.165) is 0 Å². The van der Waals surface area contributed by atoms with Crippen LogP contribution in [0.1, 0.15) is 18.1 Å². The molecule has 3 aromatic rings.